The van der Waals surface area contributed by atoms with Crippen molar-refractivity contribution in [2.24, 2.45) is 0 Å². The van der Waals surface area contributed by atoms with E-state index in [1.807, 2.05) is 0 Å². The predicted molar refractivity (Wildman–Crippen MR) is 112 cm³/mol. The number of hydrogen-bond donors (Lipinski definition) is 3. The number of β-amino-alcohol motifs (C(OH)–C–C–N with tert-alkyl or cyclic N) is 1. The van der Waals surface area contributed by atoms with Crippen molar-refractivity contribution in [1.29, 1.82) is 0 Å². The van der Waals surface area contributed by atoms with Crippen LogP contribution in [-0.4, -0.2) is 91.0 Å². The molecule has 0 saturated carbocycles. The lowest BCUT2D eigenvalue weighted by Gasteiger charge is -2.51. The number of piperidine rings is 1. The molecular weight excluding hydrogens is 420 g/mol. The van der Waals surface area contributed by atoms with Crippen LogP contribution < -0.4 is 11.2 Å². The first-order valence-corrected chi connectivity index (χ1v) is 10.9. The largest absolute Gasteiger partial charge is 0.391 e. The van der Waals surface area contributed by atoms with Gasteiger partial charge in [0, 0.05) is 51.7 Å². The Morgan fingerprint density at radius 3 is 2.56 bits per heavy atom. The van der Waals surface area contributed by atoms with Crippen molar-refractivity contribution in [3.8, 4) is 0 Å². The molecule has 32 heavy (non-hydrogen) atoms. The summed E-state index contributed by atoms with van der Waals surface area (Å²) in [5.41, 5.74) is -3.01. The molecule has 3 saturated heterocycles. The number of aliphatic hydroxyl groups is 2. The van der Waals surface area contributed by atoms with E-state index in [4.69, 9.17) is 4.74 Å². The molecule has 4 heterocycles. The zero-order chi connectivity index (χ0) is 23.3. The molecule has 1 spiro atoms. The third-order valence-corrected chi connectivity index (χ3v) is 7.10. The number of aromatic amines is 1. The summed E-state index contributed by atoms with van der Waals surface area (Å²) in [6.45, 7) is 3.99. The second kappa shape index (κ2) is 8.13. The van der Waals surface area contributed by atoms with Gasteiger partial charge in [0.25, 0.3) is 5.56 Å². The molecule has 1 aromatic rings. The van der Waals surface area contributed by atoms with Crippen LogP contribution in [0.1, 0.15) is 45.6 Å². The summed E-state index contributed by atoms with van der Waals surface area (Å²) >= 11 is 0. The summed E-state index contributed by atoms with van der Waals surface area (Å²) in [4.78, 5) is 54.1. The van der Waals surface area contributed by atoms with E-state index in [1.54, 1.807) is 11.8 Å². The van der Waals surface area contributed by atoms with Crippen LogP contribution in [-0.2, 0) is 14.3 Å². The number of likely N-dealkylation sites (tertiary alicyclic amines) is 2. The van der Waals surface area contributed by atoms with Crippen LogP contribution in [0.4, 0.5) is 0 Å². The van der Waals surface area contributed by atoms with Gasteiger partial charge in [0.2, 0.25) is 11.8 Å². The fourth-order valence-corrected chi connectivity index (χ4v) is 5.19. The van der Waals surface area contributed by atoms with Gasteiger partial charge in [-0.2, -0.15) is 0 Å². The molecule has 176 valence electrons. The van der Waals surface area contributed by atoms with Crippen LogP contribution in [0, 0.1) is 0 Å². The Bertz CT molecular complexity index is 1010. The molecule has 0 bridgehead atoms. The second-order valence-electron chi connectivity index (χ2n) is 9.47. The maximum atomic E-state index is 13.1. The molecule has 4 atom stereocenters. The summed E-state index contributed by atoms with van der Waals surface area (Å²) in [5, 5.41) is 20.8. The van der Waals surface area contributed by atoms with Gasteiger partial charge in [-0.25, -0.2) is 4.79 Å². The number of carbonyl (C=O) groups is 2. The van der Waals surface area contributed by atoms with E-state index in [0.717, 1.165) is 0 Å². The summed E-state index contributed by atoms with van der Waals surface area (Å²) in [5.74, 6) is -0.414. The first kappa shape index (κ1) is 22.7. The number of carbonyl (C=O) groups excluding carboxylic acids is 2. The minimum atomic E-state index is -1.30. The molecule has 3 fully saturated rings. The van der Waals surface area contributed by atoms with E-state index in [2.05, 4.69) is 4.98 Å². The molecule has 0 radical (unpaired) electrons. The van der Waals surface area contributed by atoms with Crippen molar-refractivity contribution >= 4 is 11.8 Å². The lowest BCUT2D eigenvalue weighted by molar-refractivity contribution is -0.202. The summed E-state index contributed by atoms with van der Waals surface area (Å²) < 4.78 is 7.43. The fourth-order valence-electron chi connectivity index (χ4n) is 5.19. The molecule has 4 rings (SSSR count). The molecule has 11 heteroatoms. The lowest BCUT2D eigenvalue weighted by atomic mass is 9.77. The minimum absolute atomic E-state index is 0.0180. The summed E-state index contributed by atoms with van der Waals surface area (Å²) in [7, 11) is 0. The fraction of sp³-hybridized carbons (Fsp3) is 0.714. The van der Waals surface area contributed by atoms with E-state index in [0.29, 0.717) is 32.4 Å². The Kier molecular flexibility index (Phi) is 5.76. The third-order valence-electron chi connectivity index (χ3n) is 7.10. The van der Waals surface area contributed by atoms with E-state index >= 15 is 0 Å². The van der Waals surface area contributed by atoms with E-state index in [-0.39, 0.29) is 31.4 Å². The van der Waals surface area contributed by atoms with Crippen molar-refractivity contribution in [2.75, 3.05) is 26.2 Å². The second-order valence-corrected chi connectivity index (χ2v) is 9.47. The van der Waals surface area contributed by atoms with E-state index < -0.39 is 40.6 Å². The Morgan fingerprint density at radius 1 is 1.25 bits per heavy atom. The van der Waals surface area contributed by atoms with Crippen LogP contribution in [0.25, 0.3) is 0 Å². The van der Waals surface area contributed by atoms with Gasteiger partial charge < -0.3 is 24.7 Å². The zero-order valence-electron chi connectivity index (χ0n) is 18.3. The summed E-state index contributed by atoms with van der Waals surface area (Å²) in [6.07, 6.45) is 2.30. The number of rotatable bonds is 2. The number of nitrogens with zero attached hydrogens (tertiary/aromatic N) is 3. The average molecular weight is 450 g/mol. The normalized spacial score (nSPS) is 32.3. The Balaban J connectivity index is 1.48. The van der Waals surface area contributed by atoms with Gasteiger partial charge in [-0.3, -0.25) is 23.9 Å². The number of aliphatic hydroxyl groups excluding tert-OH is 1. The van der Waals surface area contributed by atoms with Gasteiger partial charge in [0.05, 0.1) is 24.4 Å². The Hall–Kier alpha value is -2.50. The summed E-state index contributed by atoms with van der Waals surface area (Å²) in [6, 6.07) is -0.00409. The van der Waals surface area contributed by atoms with Gasteiger partial charge in [0.15, 0.2) is 0 Å². The smallest absolute Gasteiger partial charge is 0.328 e. The van der Waals surface area contributed by atoms with Crippen LogP contribution in [0.15, 0.2) is 21.9 Å². The molecule has 3 aliphatic rings. The molecule has 0 unspecified atom stereocenters. The number of hydrogen-bond acceptors (Lipinski definition) is 7. The highest BCUT2D eigenvalue weighted by Crippen LogP contribution is 2.43. The number of nitrogens with one attached hydrogen (secondary N) is 1. The van der Waals surface area contributed by atoms with Crippen molar-refractivity contribution in [3.05, 3.63) is 33.1 Å². The maximum absolute atomic E-state index is 13.1. The van der Waals surface area contributed by atoms with Crippen molar-refractivity contribution in [1.82, 2.24) is 19.4 Å². The molecular formula is C21H30N4O7. The quantitative estimate of drug-likeness (QED) is 0.502. The molecule has 0 aliphatic carbocycles. The van der Waals surface area contributed by atoms with E-state index in [1.165, 1.54) is 28.7 Å². The van der Waals surface area contributed by atoms with Crippen LogP contribution in [0.5, 0.6) is 0 Å². The van der Waals surface area contributed by atoms with Gasteiger partial charge in [-0.1, -0.05) is 0 Å². The van der Waals surface area contributed by atoms with Crippen molar-refractivity contribution in [2.45, 2.75) is 68.9 Å². The molecule has 2 amide bonds. The van der Waals surface area contributed by atoms with Gasteiger partial charge in [-0.05, 0) is 19.8 Å². The van der Waals surface area contributed by atoms with Crippen molar-refractivity contribution < 1.29 is 24.5 Å². The topological polar surface area (TPSA) is 145 Å². The standard InChI is InChI=1S/C21H30N4O7/c1-13(26)25-11-14(27)9-15(25)18(29)23-7-4-21(5-8-23)10-16(20(2,31)12-32-21)24-6-3-17(28)22-19(24)30/h3,6,14-16,27,31H,4-5,7-12H2,1-2H3,(H,22,28,30)/t14-,15+,16+,20+/m1/s1. The van der Waals surface area contributed by atoms with Gasteiger partial charge in [0.1, 0.15) is 11.6 Å². The third kappa shape index (κ3) is 4.12. The first-order valence-electron chi connectivity index (χ1n) is 10.9. The lowest BCUT2D eigenvalue weighted by Crippen LogP contribution is -2.59. The molecule has 3 N–H and O–H groups in total. The number of ether oxygens (including phenoxy) is 1. The van der Waals surface area contributed by atoms with Gasteiger partial charge in [-0.15, -0.1) is 0 Å². The van der Waals surface area contributed by atoms with Crippen LogP contribution in [0.2, 0.25) is 0 Å². The SMILES string of the molecule is CC(=O)N1C[C@H](O)C[C@H]1C(=O)N1CCC2(CC1)C[C@H](n1ccc(=O)[nH]c1=O)[C@@](C)(O)CO2. The van der Waals surface area contributed by atoms with Crippen molar-refractivity contribution in [3.63, 3.8) is 0 Å². The van der Waals surface area contributed by atoms with Gasteiger partial charge >= 0.3 is 5.69 Å². The molecule has 1 aromatic heterocycles. The monoisotopic (exact) mass is 450 g/mol. The average Bonchev–Trinajstić information content (AvgIpc) is 3.13. The molecule has 0 aromatic carbocycles. The van der Waals surface area contributed by atoms with Crippen LogP contribution >= 0.6 is 0 Å². The zero-order valence-corrected chi connectivity index (χ0v) is 18.3. The highest BCUT2D eigenvalue weighted by Gasteiger charge is 2.50. The number of H-pyrrole nitrogens is 1. The number of amides is 2. The maximum Gasteiger partial charge on any atom is 0.328 e. The Morgan fingerprint density at radius 2 is 1.94 bits per heavy atom. The van der Waals surface area contributed by atoms with Crippen LogP contribution in [0.3, 0.4) is 0 Å². The van der Waals surface area contributed by atoms with E-state index in [9.17, 15) is 29.4 Å². The predicted octanol–water partition coefficient (Wildman–Crippen LogP) is -1.41. The first-order chi connectivity index (χ1) is 15.0. The highest BCUT2D eigenvalue weighted by atomic mass is 16.5. The molecule has 3 aliphatic heterocycles. The number of aromatic nitrogens is 2. The highest BCUT2D eigenvalue weighted by molar-refractivity contribution is 5.87. The molecule has 11 nitrogen and oxygen atoms in total. The Labute approximate surface area is 184 Å². The minimum Gasteiger partial charge on any atom is -0.391 e.